The molecule has 0 atom stereocenters. The molecule has 1 aromatic heterocycles. The van der Waals surface area contributed by atoms with E-state index in [2.05, 4.69) is 15.4 Å². The fourth-order valence-corrected chi connectivity index (χ4v) is 2.47. The quantitative estimate of drug-likeness (QED) is 0.482. The van der Waals surface area contributed by atoms with E-state index in [9.17, 15) is 0 Å². The molecule has 19 heavy (non-hydrogen) atoms. The first-order valence-electron chi connectivity index (χ1n) is 6.83. The number of nitrogens with one attached hydrogen (secondary N) is 1. The zero-order chi connectivity index (χ0) is 13.5. The summed E-state index contributed by atoms with van der Waals surface area (Å²) in [6, 6.07) is 0. The smallest absolute Gasteiger partial charge is 0.262 e. The van der Waals surface area contributed by atoms with Gasteiger partial charge in [0.1, 0.15) is 6.33 Å². The Balaban J connectivity index is 1.98. The van der Waals surface area contributed by atoms with Crippen LogP contribution in [0.2, 0.25) is 0 Å². The lowest BCUT2D eigenvalue weighted by atomic mass is 10.0. The van der Waals surface area contributed by atoms with Gasteiger partial charge in [-0.1, -0.05) is 25.7 Å². The van der Waals surface area contributed by atoms with Crippen LogP contribution in [0.5, 0.6) is 11.6 Å². The van der Waals surface area contributed by atoms with Crippen LogP contribution in [-0.2, 0) is 0 Å². The normalized spacial score (nSPS) is 16.7. The molecule has 6 heteroatoms. The van der Waals surface area contributed by atoms with E-state index in [0.29, 0.717) is 30.0 Å². The Hall–Kier alpha value is -1.56. The minimum absolute atomic E-state index is 0.438. The fraction of sp³-hybridized carbons (Fsp3) is 0.692. The van der Waals surface area contributed by atoms with Crippen molar-refractivity contribution in [2.75, 3.05) is 19.1 Å². The van der Waals surface area contributed by atoms with Gasteiger partial charge in [-0.25, -0.2) is 10.8 Å². The van der Waals surface area contributed by atoms with Gasteiger partial charge in [0.2, 0.25) is 5.75 Å². The Morgan fingerprint density at radius 2 is 2.00 bits per heavy atom. The van der Waals surface area contributed by atoms with Gasteiger partial charge in [-0.15, -0.1) is 0 Å². The molecule has 0 radical (unpaired) electrons. The van der Waals surface area contributed by atoms with Gasteiger partial charge in [-0.2, -0.15) is 4.98 Å². The average Bonchev–Trinajstić information content (AvgIpc) is 2.73. The van der Waals surface area contributed by atoms with Crippen LogP contribution in [-0.4, -0.2) is 23.7 Å². The lowest BCUT2D eigenvalue weighted by Gasteiger charge is -2.16. The second-order valence-corrected chi connectivity index (χ2v) is 4.87. The monoisotopic (exact) mass is 266 g/mol. The van der Waals surface area contributed by atoms with Gasteiger partial charge in [0.05, 0.1) is 13.7 Å². The zero-order valence-electron chi connectivity index (χ0n) is 11.4. The van der Waals surface area contributed by atoms with Gasteiger partial charge in [-0.05, 0) is 18.8 Å². The van der Waals surface area contributed by atoms with Gasteiger partial charge >= 0.3 is 0 Å². The minimum Gasteiger partial charge on any atom is -0.489 e. The summed E-state index contributed by atoms with van der Waals surface area (Å²) in [7, 11) is 1.55. The number of nitrogens with two attached hydrogens (primary N) is 1. The van der Waals surface area contributed by atoms with Crippen LogP contribution in [0.3, 0.4) is 0 Å². The predicted molar refractivity (Wildman–Crippen MR) is 73.1 cm³/mol. The third-order valence-corrected chi connectivity index (χ3v) is 3.54. The summed E-state index contributed by atoms with van der Waals surface area (Å²) in [6.07, 6.45) is 9.16. The second kappa shape index (κ2) is 7.13. The van der Waals surface area contributed by atoms with Crippen molar-refractivity contribution in [3.63, 3.8) is 0 Å². The number of nitrogens with zero attached hydrogens (tertiary/aromatic N) is 2. The van der Waals surface area contributed by atoms with Crippen LogP contribution in [0.15, 0.2) is 6.33 Å². The van der Waals surface area contributed by atoms with E-state index in [4.69, 9.17) is 15.3 Å². The standard InChI is InChI=1S/C13H22N4O2/c1-18-11-12(17-14)15-9-16-13(11)19-8-10-6-4-2-3-5-7-10/h9-10H,2-8,14H2,1H3,(H,15,16,17). The molecule has 0 amide bonds. The largest absolute Gasteiger partial charge is 0.489 e. The molecule has 0 bridgehead atoms. The minimum atomic E-state index is 0.438. The maximum Gasteiger partial charge on any atom is 0.262 e. The third kappa shape index (κ3) is 3.70. The predicted octanol–water partition coefficient (Wildman–Crippen LogP) is 2.12. The molecule has 1 fully saturated rings. The van der Waals surface area contributed by atoms with Crippen LogP contribution in [0, 0.1) is 5.92 Å². The molecule has 0 aromatic carbocycles. The molecule has 1 aliphatic carbocycles. The third-order valence-electron chi connectivity index (χ3n) is 3.54. The first-order valence-corrected chi connectivity index (χ1v) is 6.83. The van der Waals surface area contributed by atoms with Crippen molar-refractivity contribution in [1.29, 1.82) is 0 Å². The van der Waals surface area contributed by atoms with Crippen LogP contribution in [0.4, 0.5) is 5.82 Å². The van der Waals surface area contributed by atoms with E-state index in [1.165, 1.54) is 44.9 Å². The SMILES string of the molecule is COc1c(NN)ncnc1OCC1CCCCCC1. The highest BCUT2D eigenvalue weighted by Crippen LogP contribution is 2.31. The maximum absolute atomic E-state index is 5.79. The molecule has 1 heterocycles. The van der Waals surface area contributed by atoms with Crippen molar-refractivity contribution in [2.45, 2.75) is 38.5 Å². The average molecular weight is 266 g/mol. The summed E-state index contributed by atoms with van der Waals surface area (Å²) >= 11 is 0. The molecular weight excluding hydrogens is 244 g/mol. The number of hydrogen-bond donors (Lipinski definition) is 2. The van der Waals surface area contributed by atoms with Gasteiger partial charge in [0.25, 0.3) is 5.88 Å². The first-order chi connectivity index (χ1) is 9.35. The van der Waals surface area contributed by atoms with E-state index >= 15 is 0 Å². The lowest BCUT2D eigenvalue weighted by molar-refractivity contribution is 0.216. The molecule has 1 aliphatic rings. The lowest BCUT2D eigenvalue weighted by Crippen LogP contribution is -2.14. The molecular formula is C13H22N4O2. The molecule has 6 nitrogen and oxygen atoms in total. The second-order valence-electron chi connectivity index (χ2n) is 4.87. The van der Waals surface area contributed by atoms with Gasteiger partial charge in [-0.3, -0.25) is 0 Å². The van der Waals surface area contributed by atoms with Crippen molar-refractivity contribution >= 4 is 5.82 Å². The summed E-state index contributed by atoms with van der Waals surface area (Å²) in [5.41, 5.74) is 2.48. The number of methoxy groups -OCH3 is 1. The number of hydrogen-bond acceptors (Lipinski definition) is 6. The molecule has 0 unspecified atom stereocenters. The maximum atomic E-state index is 5.79. The highest BCUT2D eigenvalue weighted by atomic mass is 16.5. The highest BCUT2D eigenvalue weighted by Gasteiger charge is 2.17. The summed E-state index contributed by atoms with van der Waals surface area (Å²) in [6.45, 7) is 0.678. The first kappa shape index (κ1) is 13.9. The molecule has 1 saturated carbocycles. The number of anilines is 1. The van der Waals surface area contributed by atoms with Crippen molar-refractivity contribution in [1.82, 2.24) is 9.97 Å². The topological polar surface area (TPSA) is 82.3 Å². The number of hydrazine groups is 1. The van der Waals surface area contributed by atoms with Crippen molar-refractivity contribution in [3.05, 3.63) is 6.33 Å². The summed E-state index contributed by atoms with van der Waals surface area (Å²) in [4.78, 5) is 8.10. The van der Waals surface area contributed by atoms with Crippen LogP contribution < -0.4 is 20.7 Å². The Kier molecular flexibility index (Phi) is 5.20. The van der Waals surface area contributed by atoms with E-state index in [1.807, 2.05) is 0 Å². The van der Waals surface area contributed by atoms with Crippen molar-refractivity contribution in [2.24, 2.45) is 11.8 Å². The van der Waals surface area contributed by atoms with E-state index in [1.54, 1.807) is 7.11 Å². The molecule has 0 spiro atoms. The van der Waals surface area contributed by atoms with E-state index in [0.717, 1.165) is 0 Å². The molecule has 1 aromatic rings. The van der Waals surface area contributed by atoms with Crippen LogP contribution in [0.1, 0.15) is 38.5 Å². The Bertz CT molecular complexity index is 392. The van der Waals surface area contributed by atoms with Gasteiger partial charge in [0, 0.05) is 0 Å². The van der Waals surface area contributed by atoms with Crippen molar-refractivity contribution < 1.29 is 9.47 Å². The fourth-order valence-electron chi connectivity index (χ4n) is 2.47. The summed E-state index contributed by atoms with van der Waals surface area (Å²) < 4.78 is 11.0. The molecule has 2 rings (SSSR count). The van der Waals surface area contributed by atoms with Crippen LogP contribution in [0.25, 0.3) is 0 Å². The Morgan fingerprint density at radius 3 is 2.63 bits per heavy atom. The number of aromatic nitrogens is 2. The zero-order valence-corrected chi connectivity index (χ0v) is 11.4. The van der Waals surface area contributed by atoms with Crippen molar-refractivity contribution in [3.8, 4) is 11.6 Å². The summed E-state index contributed by atoms with van der Waals surface area (Å²) in [5, 5.41) is 0. The Labute approximate surface area is 113 Å². The number of rotatable bonds is 5. The van der Waals surface area contributed by atoms with Gasteiger partial charge in [0.15, 0.2) is 5.82 Å². The molecule has 106 valence electrons. The Morgan fingerprint density at radius 1 is 1.26 bits per heavy atom. The highest BCUT2D eigenvalue weighted by molar-refractivity contribution is 5.54. The van der Waals surface area contributed by atoms with E-state index in [-0.39, 0.29) is 0 Å². The van der Waals surface area contributed by atoms with Gasteiger partial charge < -0.3 is 14.9 Å². The summed E-state index contributed by atoms with van der Waals surface area (Å²) in [5.74, 6) is 7.34. The number of ether oxygens (including phenoxy) is 2. The van der Waals surface area contributed by atoms with Crippen LogP contribution >= 0.6 is 0 Å². The molecule has 3 N–H and O–H groups in total. The molecule has 0 saturated heterocycles. The molecule has 0 aliphatic heterocycles. The number of nitrogen functional groups attached to an aromatic ring is 1. The van der Waals surface area contributed by atoms with E-state index < -0.39 is 0 Å².